The fourth-order valence-electron chi connectivity index (χ4n) is 1.13. The Morgan fingerprint density at radius 1 is 1.46 bits per heavy atom. The lowest BCUT2D eigenvalue weighted by Crippen LogP contribution is -1.91. The summed E-state index contributed by atoms with van der Waals surface area (Å²) in [6.07, 6.45) is 2.18. The summed E-state index contributed by atoms with van der Waals surface area (Å²) in [4.78, 5) is 10.1. The van der Waals surface area contributed by atoms with E-state index in [4.69, 9.17) is 5.11 Å². The first-order valence-electron chi connectivity index (χ1n) is 4.09. The predicted octanol–water partition coefficient (Wildman–Crippen LogP) is 2.07. The van der Waals surface area contributed by atoms with Gasteiger partial charge in [0.1, 0.15) is 6.29 Å². The number of carbonyl (C=O) groups is 1. The van der Waals surface area contributed by atoms with Gasteiger partial charge in [0, 0.05) is 10.9 Å². The Kier molecular flexibility index (Phi) is 4.12. The fourth-order valence-corrected chi connectivity index (χ4v) is 1.50. The van der Waals surface area contributed by atoms with Crippen LogP contribution in [0.4, 0.5) is 0 Å². The maximum Gasteiger partial charge on any atom is 0.120 e. The standard InChI is InChI=1S/C10H11BrO2/c11-10-4-3-8(2-1-5-12)6-9(10)7-13/h3-6,13H,1-2,7H2. The van der Waals surface area contributed by atoms with Crippen LogP contribution < -0.4 is 0 Å². The van der Waals surface area contributed by atoms with Gasteiger partial charge in [-0.2, -0.15) is 0 Å². The highest BCUT2D eigenvalue weighted by Crippen LogP contribution is 2.18. The maximum absolute atomic E-state index is 10.1. The summed E-state index contributed by atoms with van der Waals surface area (Å²) in [7, 11) is 0. The second-order valence-corrected chi connectivity index (χ2v) is 3.64. The van der Waals surface area contributed by atoms with Crippen molar-refractivity contribution in [2.24, 2.45) is 0 Å². The van der Waals surface area contributed by atoms with Gasteiger partial charge in [0.05, 0.1) is 6.61 Å². The molecule has 0 aliphatic carbocycles. The summed E-state index contributed by atoms with van der Waals surface area (Å²) >= 11 is 3.33. The van der Waals surface area contributed by atoms with Crippen molar-refractivity contribution in [3.63, 3.8) is 0 Å². The summed E-state index contributed by atoms with van der Waals surface area (Å²) in [5.41, 5.74) is 1.95. The molecule has 0 aliphatic heterocycles. The zero-order chi connectivity index (χ0) is 9.68. The molecule has 0 amide bonds. The van der Waals surface area contributed by atoms with Crippen molar-refractivity contribution < 1.29 is 9.90 Å². The number of halogens is 1. The van der Waals surface area contributed by atoms with Gasteiger partial charge in [-0.15, -0.1) is 0 Å². The van der Waals surface area contributed by atoms with E-state index in [1.807, 2.05) is 18.2 Å². The number of aliphatic hydroxyl groups is 1. The molecule has 1 aromatic rings. The van der Waals surface area contributed by atoms with Gasteiger partial charge in [-0.25, -0.2) is 0 Å². The van der Waals surface area contributed by atoms with E-state index in [9.17, 15) is 4.79 Å². The van der Waals surface area contributed by atoms with Gasteiger partial charge < -0.3 is 9.90 Å². The number of aliphatic hydroxyl groups excluding tert-OH is 1. The molecule has 0 unspecified atom stereocenters. The molecule has 0 aliphatic rings. The smallest absolute Gasteiger partial charge is 0.120 e. The number of benzene rings is 1. The van der Waals surface area contributed by atoms with Crippen LogP contribution in [0.3, 0.4) is 0 Å². The average Bonchev–Trinajstić information content (AvgIpc) is 2.16. The zero-order valence-electron chi connectivity index (χ0n) is 7.16. The molecular weight excluding hydrogens is 232 g/mol. The Bertz CT molecular complexity index is 297. The van der Waals surface area contributed by atoms with E-state index in [0.29, 0.717) is 6.42 Å². The maximum atomic E-state index is 10.1. The summed E-state index contributed by atoms with van der Waals surface area (Å²) in [5.74, 6) is 0. The van der Waals surface area contributed by atoms with Gasteiger partial charge in [-0.05, 0) is 23.6 Å². The van der Waals surface area contributed by atoms with Crippen molar-refractivity contribution in [3.8, 4) is 0 Å². The Hall–Kier alpha value is -0.670. The van der Waals surface area contributed by atoms with E-state index >= 15 is 0 Å². The lowest BCUT2D eigenvalue weighted by molar-refractivity contribution is -0.107. The minimum atomic E-state index is 0.0233. The molecule has 0 aromatic heterocycles. The lowest BCUT2D eigenvalue weighted by Gasteiger charge is -2.03. The molecule has 13 heavy (non-hydrogen) atoms. The van der Waals surface area contributed by atoms with E-state index in [0.717, 1.165) is 28.3 Å². The van der Waals surface area contributed by atoms with Crippen LogP contribution in [0, 0.1) is 0 Å². The first kappa shape index (κ1) is 10.4. The molecule has 3 heteroatoms. The quantitative estimate of drug-likeness (QED) is 0.822. The summed E-state index contributed by atoms with van der Waals surface area (Å²) < 4.78 is 0.907. The third kappa shape index (κ3) is 2.94. The monoisotopic (exact) mass is 242 g/mol. The van der Waals surface area contributed by atoms with E-state index in [2.05, 4.69) is 15.9 Å². The summed E-state index contributed by atoms with van der Waals surface area (Å²) in [6, 6.07) is 5.76. The van der Waals surface area contributed by atoms with Crippen LogP contribution in [0.15, 0.2) is 22.7 Å². The molecule has 0 saturated carbocycles. The molecule has 0 heterocycles. The Morgan fingerprint density at radius 2 is 2.23 bits per heavy atom. The number of hydrogen-bond acceptors (Lipinski definition) is 2. The summed E-state index contributed by atoms with van der Waals surface area (Å²) in [6.45, 7) is 0.0233. The minimum Gasteiger partial charge on any atom is -0.392 e. The van der Waals surface area contributed by atoms with Crippen molar-refractivity contribution in [3.05, 3.63) is 33.8 Å². The first-order valence-corrected chi connectivity index (χ1v) is 4.89. The number of hydrogen-bond donors (Lipinski definition) is 1. The van der Waals surface area contributed by atoms with Gasteiger partial charge >= 0.3 is 0 Å². The zero-order valence-corrected chi connectivity index (χ0v) is 8.75. The Labute approximate surface area is 85.7 Å². The van der Waals surface area contributed by atoms with Crippen molar-refractivity contribution >= 4 is 22.2 Å². The van der Waals surface area contributed by atoms with Crippen LogP contribution in [0.5, 0.6) is 0 Å². The van der Waals surface area contributed by atoms with E-state index in [-0.39, 0.29) is 6.61 Å². The molecule has 0 atom stereocenters. The lowest BCUT2D eigenvalue weighted by atomic mass is 10.1. The van der Waals surface area contributed by atoms with E-state index < -0.39 is 0 Å². The fraction of sp³-hybridized carbons (Fsp3) is 0.300. The molecule has 1 N–H and O–H groups in total. The van der Waals surface area contributed by atoms with Gasteiger partial charge in [-0.3, -0.25) is 0 Å². The number of aldehydes is 1. The molecule has 0 saturated heterocycles. The van der Waals surface area contributed by atoms with Gasteiger partial charge in [0.2, 0.25) is 0 Å². The van der Waals surface area contributed by atoms with Crippen molar-refractivity contribution in [2.75, 3.05) is 0 Å². The van der Waals surface area contributed by atoms with Crippen molar-refractivity contribution in [1.82, 2.24) is 0 Å². The number of rotatable bonds is 4. The first-order chi connectivity index (χ1) is 6.27. The molecule has 70 valence electrons. The second-order valence-electron chi connectivity index (χ2n) is 2.79. The molecule has 0 bridgehead atoms. The molecule has 0 fully saturated rings. The van der Waals surface area contributed by atoms with Crippen LogP contribution in [0.25, 0.3) is 0 Å². The highest BCUT2D eigenvalue weighted by Gasteiger charge is 1.99. The predicted molar refractivity (Wildman–Crippen MR) is 54.4 cm³/mol. The highest BCUT2D eigenvalue weighted by molar-refractivity contribution is 9.10. The number of aryl methyl sites for hydroxylation is 1. The van der Waals surface area contributed by atoms with Gasteiger partial charge in [-0.1, -0.05) is 28.1 Å². The molecule has 2 nitrogen and oxygen atoms in total. The molecular formula is C10H11BrO2. The molecule has 0 spiro atoms. The Balaban J connectivity index is 2.79. The molecule has 1 rings (SSSR count). The van der Waals surface area contributed by atoms with Crippen LogP contribution in [0.1, 0.15) is 17.5 Å². The van der Waals surface area contributed by atoms with Crippen LogP contribution in [0.2, 0.25) is 0 Å². The van der Waals surface area contributed by atoms with Crippen LogP contribution in [-0.4, -0.2) is 11.4 Å². The van der Waals surface area contributed by atoms with Gasteiger partial charge in [0.15, 0.2) is 0 Å². The second kappa shape index (κ2) is 5.14. The van der Waals surface area contributed by atoms with Gasteiger partial charge in [0.25, 0.3) is 0 Å². The highest BCUT2D eigenvalue weighted by atomic mass is 79.9. The van der Waals surface area contributed by atoms with Crippen LogP contribution in [-0.2, 0) is 17.8 Å². The molecule has 0 radical (unpaired) electrons. The molecule has 1 aromatic carbocycles. The normalized spacial score (nSPS) is 10.0. The van der Waals surface area contributed by atoms with Crippen molar-refractivity contribution in [1.29, 1.82) is 0 Å². The minimum absolute atomic E-state index is 0.0233. The topological polar surface area (TPSA) is 37.3 Å². The van der Waals surface area contributed by atoms with E-state index in [1.165, 1.54) is 0 Å². The third-order valence-electron chi connectivity index (χ3n) is 1.83. The Morgan fingerprint density at radius 3 is 2.85 bits per heavy atom. The van der Waals surface area contributed by atoms with Crippen molar-refractivity contribution in [2.45, 2.75) is 19.4 Å². The van der Waals surface area contributed by atoms with Crippen LogP contribution >= 0.6 is 15.9 Å². The average molecular weight is 243 g/mol. The third-order valence-corrected chi connectivity index (χ3v) is 2.60. The van der Waals surface area contributed by atoms with E-state index in [1.54, 1.807) is 0 Å². The SMILES string of the molecule is O=CCCc1ccc(Br)c(CO)c1. The number of carbonyl (C=O) groups excluding carboxylic acids is 1. The largest absolute Gasteiger partial charge is 0.392 e. The summed E-state index contributed by atoms with van der Waals surface area (Å²) in [5, 5.41) is 8.97.